The lowest BCUT2D eigenvalue weighted by atomic mass is 10.0. The average molecular weight is 272 g/mol. The van der Waals surface area contributed by atoms with Gasteiger partial charge in [0.25, 0.3) is 0 Å². The summed E-state index contributed by atoms with van der Waals surface area (Å²) in [6, 6.07) is 11.2. The van der Waals surface area contributed by atoms with E-state index < -0.39 is 0 Å². The van der Waals surface area contributed by atoms with Crippen LogP contribution in [0.3, 0.4) is 0 Å². The number of Topliss-reactive ketones (excluding diaryl/α,β-unsaturated/α-hetero) is 1. The summed E-state index contributed by atoms with van der Waals surface area (Å²) >= 11 is 0. The van der Waals surface area contributed by atoms with E-state index in [1.807, 2.05) is 0 Å². The summed E-state index contributed by atoms with van der Waals surface area (Å²) in [5, 5.41) is 19.0. The van der Waals surface area contributed by atoms with E-state index in [0.717, 1.165) is 0 Å². The third-order valence-corrected chi connectivity index (χ3v) is 3.10. The molecular formula is C16H16O4. The molecule has 4 heteroatoms. The molecule has 0 aliphatic rings. The molecule has 2 aromatic rings. The quantitative estimate of drug-likeness (QED) is 0.821. The fourth-order valence-corrected chi connectivity index (χ4v) is 1.92. The zero-order valence-corrected chi connectivity index (χ0v) is 11.2. The van der Waals surface area contributed by atoms with E-state index in [4.69, 9.17) is 4.74 Å². The summed E-state index contributed by atoms with van der Waals surface area (Å²) in [5.74, 6) is 0.813. The molecule has 0 atom stereocenters. The van der Waals surface area contributed by atoms with Gasteiger partial charge in [-0.1, -0.05) is 6.07 Å². The average Bonchev–Trinajstić information content (AvgIpc) is 2.46. The summed E-state index contributed by atoms with van der Waals surface area (Å²) in [6.07, 6.45) is 0.750. The van der Waals surface area contributed by atoms with Crippen LogP contribution >= 0.6 is 0 Å². The molecule has 0 heterocycles. The van der Waals surface area contributed by atoms with Gasteiger partial charge in [0.05, 0.1) is 7.11 Å². The Labute approximate surface area is 117 Å². The van der Waals surface area contributed by atoms with Crippen LogP contribution in [0.15, 0.2) is 42.5 Å². The Kier molecular flexibility index (Phi) is 4.25. The van der Waals surface area contributed by atoms with Crippen LogP contribution in [0.25, 0.3) is 0 Å². The van der Waals surface area contributed by atoms with E-state index in [1.54, 1.807) is 24.3 Å². The zero-order chi connectivity index (χ0) is 14.5. The number of rotatable bonds is 5. The van der Waals surface area contributed by atoms with Crippen molar-refractivity contribution in [2.45, 2.75) is 12.8 Å². The molecule has 4 nitrogen and oxygen atoms in total. The number of aromatic hydroxyl groups is 2. The number of hydrogen-bond acceptors (Lipinski definition) is 4. The second kappa shape index (κ2) is 6.10. The van der Waals surface area contributed by atoms with Crippen molar-refractivity contribution in [3.8, 4) is 17.2 Å². The lowest BCUT2D eigenvalue weighted by Crippen LogP contribution is -2.01. The molecular weight excluding hydrogens is 256 g/mol. The highest BCUT2D eigenvalue weighted by atomic mass is 16.5. The highest BCUT2D eigenvalue weighted by molar-refractivity contribution is 5.96. The van der Waals surface area contributed by atoms with Gasteiger partial charge in [0.15, 0.2) is 5.78 Å². The van der Waals surface area contributed by atoms with Gasteiger partial charge in [-0.25, -0.2) is 0 Å². The number of hydrogen-bond donors (Lipinski definition) is 2. The Morgan fingerprint density at radius 2 is 1.80 bits per heavy atom. The van der Waals surface area contributed by atoms with Crippen LogP contribution in [0.2, 0.25) is 0 Å². The highest BCUT2D eigenvalue weighted by Gasteiger charge is 2.09. The maximum atomic E-state index is 12.0. The lowest BCUT2D eigenvalue weighted by molar-refractivity contribution is 0.0983. The van der Waals surface area contributed by atoms with Crippen LogP contribution in [-0.2, 0) is 6.42 Å². The molecule has 104 valence electrons. The first kappa shape index (κ1) is 13.9. The Morgan fingerprint density at radius 3 is 2.40 bits per heavy atom. The summed E-state index contributed by atoms with van der Waals surface area (Å²) < 4.78 is 5.01. The van der Waals surface area contributed by atoms with Crippen molar-refractivity contribution in [1.29, 1.82) is 0 Å². The number of carbonyl (C=O) groups is 1. The lowest BCUT2D eigenvalue weighted by Gasteiger charge is -2.06. The van der Waals surface area contributed by atoms with Crippen molar-refractivity contribution in [2.75, 3.05) is 7.11 Å². The topological polar surface area (TPSA) is 66.8 Å². The van der Waals surface area contributed by atoms with Gasteiger partial charge in [0.2, 0.25) is 0 Å². The third kappa shape index (κ3) is 3.29. The monoisotopic (exact) mass is 272 g/mol. The van der Waals surface area contributed by atoms with Crippen molar-refractivity contribution in [2.24, 2.45) is 0 Å². The van der Waals surface area contributed by atoms with Crippen LogP contribution < -0.4 is 4.74 Å². The molecule has 0 radical (unpaired) electrons. The van der Waals surface area contributed by atoms with Gasteiger partial charge < -0.3 is 14.9 Å². The molecule has 2 rings (SSSR count). The predicted octanol–water partition coefficient (Wildman–Crippen LogP) is 2.92. The molecule has 2 aromatic carbocycles. The predicted molar refractivity (Wildman–Crippen MR) is 75.4 cm³/mol. The third-order valence-electron chi connectivity index (χ3n) is 3.10. The fourth-order valence-electron chi connectivity index (χ4n) is 1.92. The van der Waals surface area contributed by atoms with Gasteiger partial charge in [0.1, 0.15) is 17.2 Å². The van der Waals surface area contributed by atoms with Gasteiger partial charge in [0, 0.05) is 18.1 Å². The standard InChI is InChI=1S/C16H16O4/c1-20-14-8-4-12(16(19)10-14)5-9-15(18)11-2-6-13(17)7-3-11/h2-4,6-8,10,17,19H,5,9H2,1H3. The van der Waals surface area contributed by atoms with Crippen LogP contribution in [0.4, 0.5) is 0 Å². The van der Waals surface area contributed by atoms with E-state index in [2.05, 4.69) is 0 Å². The number of carbonyl (C=O) groups excluding carboxylic acids is 1. The summed E-state index contributed by atoms with van der Waals surface area (Å²) in [7, 11) is 1.53. The highest BCUT2D eigenvalue weighted by Crippen LogP contribution is 2.25. The van der Waals surface area contributed by atoms with Crippen LogP contribution in [0.5, 0.6) is 17.2 Å². The molecule has 0 saturated carbocycles. The van der Waals surface area contributed by atoms with Crippen molar-refractivity contribution < 1.29 is 19.7 Å². The molecule has 2 N–H and O–H groups in total. The first-order valence-electron chi connectivity index (χ1n) is 6.28. The number of ether oxygens (including phenoxy) is 1. The Morgan fingerprint density at radius 1 is 1.10 bits per heavy atom. The molecule has 20 heavy (non-hydrogen) atoms. The van der Waals surface area contributed by atoms with Gasteiger partial charge >= 0.3 is 0 Å². The second-order valence-corrected chi connectivity index (χ2v) is 4.46. The number of benzene rings is 2. The molecule has 0 aromatic heterocycles. The van der Waals surface area contributed by atoms with E-state index in [9.17, 15) is 15.0 Å². The maximum absolute atomic E-state index is 12.0. The van der Waals surface area contributed by atoms with Crippen molar-refractivity contribution in [1.82, 2.24) is 0 Å². The first-order valence-corrected chi connectivity index (χ1v) is 6.28. The van der Waals surface area contributed by atoms with Crippen molar-refractivity contribution in [3.05, 3.63) is 53.6 Å². The molecule has 0 fully saturated rings. The number of phenolic OH excluding ortho intramolecular Hbond substituents is 2. The van der Waals surface area contributed by atoms with Crippen molar-refractivity contribution in [3.63, 3.8) is 0 Å². The fraction of sp³-hybridized carbons (Fsp3) is 0.188. The first-order chi connectivity index (χ1) is 9.60. The van der Waals surface area contributed by atoms with E-state index in [1.165, 1.54) is 25.3 Å². The maximum Gasteiger partial charge on any atom is 0.163 e. The molecule has 0 spiro atoms. The Bertz CT molecular complexity index is 602. The number of ketones is 1. The van der Waals surface area contributed by atoms with E-state index >= 15 is 0 Å². The van der Waals surface area contributed by atoms with Gasteiger partial charge in [-0.05, 0) is 42.3 Å². The van der Waals surface area contributed by atoms with Crippen molar-refractivity contribution >= 4 is 5.78 Å². The SMILES string of the molecule is COc1ccc(CCC(=O)c2ccc(O)cc2)c(O)c1. The minimum absolute atomic E-state index is 0.0276. The van der Waals surface area contributed by atoms with E-state index in [-0.39, 0.29) is 17.3 Å². The van der Waals surface area contributed by atoms with E-state index in [0.29, 0.717) is 29.7 Å². The van der Waals surface area contributed by atoms with Crippen LogP contribution in [-0.4, -0.2) is 23.1 Å². The summed E-state index contributed by atoms with van der Waals surface area (Å²) in [4.78, 5) is 12.0. The summed E-state index contributed by atoms with van der Waals surface area (Å²) in [6.45, 7) is 0. The van der Waals surface area contributed by atoms with Gasteiger partial charge in [-0.2, -0.15) is 0 Å². The number of methoxy groups -OCH3 is 1. The number of phenols is 2. The minimum atomic E-state index is -0.0276. The Balaban J connectivity index is 2.01. The van der Waals surface area contributed by atoms with Crippen LogP contribution in [0.1, 0.15) is 22.3 Å². The molecule has 0 saturated heterocycles. The smallest absolute Gasteiger partial charge is 0.163 e. The zero-order valence-electron chi connectivity index (χ0n) is 11.2. The molecule has 0 aliphatic heterocycles. The molecule has 0 aliphatic carbocycles. The molecule has 0 bridgehead atoms. The second-order valence-electron chi connectivity index (χ2n) is 4.46. The van der Waals surface area contributed by atoms with Gasteiger partial charge in [-0.3, -0.25) is 4.79 Å². The summed E-state index contributed by atoms with van der Waals surface area (Å²) in [5.41, 5.74) is 1.26. The molecule has 0 amide bonds. The largest absolute Gasteiger partial charge is 0.508 e. The minimum Gasteiger partial charge on any atom is -0.508 e. The number of aryl methyl sites for hydroxylation is 1. The van der Waals surface area contributed by atoms with Gasteiger partial charge in [-0.15, -0.1) is 0 Å². The Hall–Kier alpha value is -2.49. The normalized spacial score (nSPS) is 10.2. The molecule has 0 unspecified atom stereocenters. The van der Waals surface area contributed by atoms with Crippen LogP contribution in [0, 0.1) is 0 Å².